The second kappa shape index (κ2) is 7.62. The third kappa shape index (κ3) is 3.78. The number of amides is 1. The van der Waals surface area contributed by atoms with E-state index in [1.165, 1.54) is 39.2 Å². The number of carbonyl (C=O) groups is 1. The SMILES string of the molecule is COc1cc(N)c(Cl)cc1C(=O)NC1CCN(C2CCCCC2)C1. The Bertz CT molecular complexity index is 602. The first-order chi connectivity index (χ1) is 11.6. The minimum atomic E-state index is -0.149. The van der Waals surface area contributed by atoms with E-state index in [9.17, 15) is 4.79 Å². The molecule has 1 saturated carbocycles. The number of hydrogen-bond acceptors (Lipinski definition) is 4. The number of nitrogen functional groups attached to an aromatic ring is 1. The maximum absolute atomic E-state index is 12.6. The van der Waals surface area contributed by atoms with Crippen molar-refractivity contribution in [3.8, 4) is 5.75 Å². The maximum Gasteiger partial charge on any atom is 0.255 e. The normalized spacial score (nSPS) is 22.5. The van der Waals surface area contributed by atoms with Crippen LogP contribution in [0.2, 0.25) is 5.02 Å². The van der Waals surface area contributed by atoms with Gasteiger partial charge in [-0.3, -0.25) is 9.69 Å². The molecule has 0 bridgehead atoms. The molecular weight excluding hydrogens is 326 g/mol. The van der Waals surface area contributed by atoms with E-state index >= 15 is 0 Å². The van der Waals surface area contributed by atoms with Crippen molar-refractivity contribution in [2.75, 3.05) is 25.9 Å². The largest absolute Gasteiger partial charge is 0.496 e. The molecule has 1 heterocycles. The summed E-state index contributed by atoms with van der Waals surface area (Å²) in [4.78, 5) is 15.2. The summed E-state index contributed by atoms with van der Waals surface area (Å²) >= 11 is 6.06. The molecule has 6 heteroatoms. The first kappa shape index (κ1) is 17.4. The number of anilines is 1. The number of nitrogens with two attached hydrogens (primary N) is 1. The predicted octanol–water partition coefficient (Wildman–Crippen LogP) is 3.07. The van der Waals surface area contributed by atoms with E-state index in [2.05, 4.69) is 10.2 Å². The lowest BCUT2D eigenvalue weighted by Crippen LogP contribution is -2.40. The zero-order chi connectivity index (χ0) is 17.1. The van der Waals surface area contributed by atoms with Crippen molar-refractivity contribution >= 4 is 23.2 Å². The second-order valence-electron chi connectivity index (χ2n) is 6.82. The van der Waals surface area contributed by atoms with Gasteiger partial charge in [-0.1, -0.05) is 30.9 Å². The lowest BCUT2D eigenvalue weighted by atomic mass is 9.94. The predicted molar refractivity (Wildman–Crippen MR) is 96.7 cm³/mol. The monoisotopic (exact) mass is 351 g/mol. The molecule has 0 aromatic heterocycles. The Kier molecular flexibility index (Phi) is 5.51. The first-order valence-corrected chi connectivity index (χ1v) is 9.14. The average molecular weight is 352 g/mol. The average Bonchev–Trinajstić information content (AvgIpc) is 3.06. The summed E-state index contributed by atoms with van der Waals surface area (Å²) < 4.78 is 5.27. The van der Waals surface area contributed by atoms with Gasteiger partial charge in [0.15, 0.2) is 0 Å². The molecule has 1 saturated heterocycles. The number of nitrogens with one attached hydrogen (secondary N) is 1. The lowest BCUT2D eigenvalue weighted by Gasteiger charge is -2.31. The Labute approximate surface area is 148 Å². The fraction of sp³-hybridized carbons (Fsp3) is 0.611. The smallest absolute Gasteiger partial charge is 0.255 e. The lowest BCUT2D eigenvalue weighted by molar-refractivity contribution is 0.0931. The van der Waals surface area contributed by atoms with E-state index in [4.69, 9.17) is 22.1 Å². The highest BCUT2D eigenvalue weighted by molar-refractivity contribution is 6.33. The summed E-state index contributed by atoms with van der Waals surface area (Å²) in [5.74, 6) is 0.306. The zero-order valence-electron chi connectivity index (χ0n) is 14.2. The van der Waals surface area contributed by atoms with Gasteiger partial charge in [0.05, 0.1) is 23.4 Å². The van der Waals surface area contributed by atoms with Gasteiger partial charge in [0.25, 0.3) is 5.91 Å². The summed E-state index contributed by atoms with van der Waals surface area (Å²) in [5.41, 5.74) is 6.63. The molecule has 1 aromatic carbocycles. The number of methoxy groups -OCH3 is 1. The van der Waals surface area contributed by atoms with Crippen LogP contribution in [0.1, 0.15) is 48.9 Å². The number of carbonyl (C=O) groups excluding carboxylic acids is 1. The van der Waals surface area contributed by atoms with Crippen molar-refractivity contribution in [1.82, 2.24) is 10.2 Å². The fourth-order valence-corrected chi connectivity index (χ4v) is 4.03. The molecule has 24 heavy (non-hydrogen) atoms. The van der Waals surface area contributed by atoms with Crippen LogP contribution in [-0.2, 0) is 0 Å². The Morgan fingerprint density at radius 2 is 2.04 bits per heavy atom. The van der Waals surface area contributed by atoms with Crippen LogP contribution in [0.25, 0.3) is 0 Å². The summed E-state index contributed by atoms with van der Waals surface area (Å²) in [6.45, 7) is 2.00. The van der Waals surface area contributed by atoms with Gasteiger partial charge in [-0.15, -0.1) is 0 Å². The molecule has 1 amide bonds. The molecule has 1 aliphatic heterocycles. The van der Waals surface area contributed by atoms with Crippen molar-refractivity contribution in [1.29, 1.82) is 0 Å². The molecule has 5 nitrogen and oxygen atoms in total. The Morgan fingerprint density at radius 3 is 2.75 bits per heavy atom. The topological polar surface area (TPSA) is 67.6 Å². The van der Waals surface area contributed by atoms with Gasteiger partial charge in [-0.25, -0.2) is 0 Å². The highest BCUT2D eigenvalue weighted by atomic mass is 35.5. The molecule has 0 radical (unpaired) electrons. The molecule has 1 aromatic rings. The van der Waals surface area contributed by atoms with E-state index in [1.807, 2.05) is 0 Å². The highest BCUT2D eigenvalue weighted by Crippen LogP contribution is 2.29. The number of rotatable bonds is 4. The first-order valence-electron chi connectivity index (χ1n) is 8.76. The van der Waals surface area contributed by atoms with Crippen LogP contribution in [0, 0.1) is 0 Å². The van der Waals surface area contributed by atoms with Gasteiger partial charge in [0.2, 0.25) is 0 Å². The molecule has 1 atom stereocenters. The molecule has 0 spiro atoms. The molecule has 3 rings (SSSR count). The molecule has 132 valence electrons. The third-order valence-electron chi connectivity index (χ3n) is 5.21. The molecule has 1 unspecified atom stereocenters. The summed E-state index contributed by atoms with van der Waals surface area (Å²) in [7, 11) is 1.53. The number of benzene rings is 1. The molecule has 1 aliphatic carbocycles. The summed E-state index contributed by atoms with van der Waals surface area (Å²) in [6.07, 6.45) is 7.61. The fourth-order valence-electron chi connectivity index (χ4n) is 3.86. The van der Waals surface area contributed by atoms with E-state index in [0.717, 1.165) is 19.5 Å². The third-order valence-corrected chi connectivity index (χ3v) is 5.54. The second-order valence-corrected chi connectivity index (χ2v) is 7.23. The molecule has 3 N–H and O–H groups in total. The molecular formula is C18H26ClN3O2. The van der Waals surface area contributed by atoms with Crippen molar-refractivity contribution in [2.24, 2.45) is 0 Å². The van der Waals surface area contributed by atoms with Gasteiger partial charge in [-0.2, -0.15) is 0 Å². The van der Waals surface area contributed by atoms with E-state index in [1.54, 1.807) is 12.1 Å². The molecule has 2 fully saturated rings. The van der Waals surface area contributed by atoms with Crippen molar-refractivity contribution in [3.63, 3.8) is 0 Å². The van der Waals surface area contributed by atoms with Gasteiger partial charge in [-0.05, 0) is 25.3 Å². The minimum Gasteiger partial charge on any atom is -0.496 e. The van der Waals surface area contributed by atoms with Gasteiger partial charge < -0.3 is 15.8 Å². The van der Waals surface area contributed by atoms with Gasteiger partial charge >= 0.3 is 0 Å². The van der Waals surface area contributed by atoms with Crippen LogP contribution >= 0.6 is 11.6 Å². The highest BCUT2D eigenvalue weighted by Gasteiger charge is 2.30. The summed E-state index contributed by atoms with van der Waals surface area (Å²) in [6, 6.07) is 4.06. The number of hydrogen-bond donors (Lipinski definition) is 2. The number of nitrogens with zero attached hydrogens (tertiary/aromatic N) is 1. The van der Waals surface area contributed by atoms with Gasteiger partial charge in [0, 0.05) is 31.2 Å². The van der Waals surface area contributed by atoms with Crippen LogP contribution < -0.4 is 15.8 Å². The van der Waals surface area contributed by atoms with Gasteiger partial charge in [0.1, 0.15) is 5.75 Å². The zero-order valence-corrected chi connectivity index (χ0v) is 14.9. The van der Waals surface area contributed by atoms with Crippen LogP contribution in [-0.4, -0.2) is 43.1 Å². The Morgan fingerprint density at radius 1 is 1.29 bits per heavy atom. The van der Waals surface area contributed by atoms with Crippen molar-refractivity contribution < 1.29 is 9.53 Å². The maximum atomic E-state index is 12.6. The number of ether oxygens (including phenoxy) is 1. The molecule has 2 aliphatic rings. The Hall–Kier alpha value is -1.46. The van der Waals surface area contributed by atoms with Crippen LogP contribution in [0.5, 0.6) is 5.75 Å². The van der Waals surface area contributed by atoms with Crippen LogP contribution in [0.4, 0.5) is 5.69 Å². The van der Waals surface area contributed by atoms with E-state index in [-0.39, 0.29) is 11.9 Å². The number of halogens is 1. The van der Waals surface area contributed by atoms with Crippen molar-refractivity contribution in [3.05, 3.63) is 22.7 Å². The van der Waals surface area contributed by atoms with E-state index in [0.29, 0.717) is 28.1 Å². The Balaban J connectivity index is 1.62. The summed E-state index contributed by atoms with van der Waals surface area (Å²) in [5, 5.41) is 3.50. The standard InChI is InChI=1S/C18H26ClN3O2/c1-24-17-10-16(20)15(19)9-14(17)18(23)21-12-7-8-22(11-12)13-5-3-2-4-6-13/h9-10,12-13H,2-8,11,20H2,1H3,(H,21,23). The van der Waals surface area contributed by atoms with Crippen LogP contribution in [0.3, 0.4) is 0 Å². The van der Waals surface area contributed by atoms with E-state index < -0.39 is 0 Å². The number of likely N-dealkylation sites (tertiary alicyclic amines) is 1. The van der Waals surface area contributed by atoms with Crippen LogP contribution in [0.15, 0.2) is 12.1 Å². The van der Waals surface area contributed by atoms with Crippen molar-refractivity contribution in [2.45, 2.75) is 50.6 Å². The minimum absolute atomic E-state index is 0.149. The quantitative estimate of drug-likeness (QED) is 0.818.